The highest BCUT2D eigenvalue weighted by Crippen LogP contribution is 2.14. The van der Waals surface area contributed by atoms with Crippen LogP contribution in [-0.2, 0) is 4.79 Å². The molecule has 88 valence electrons. The minimum Gasteiger partial charge on any atom is -0.318 e. The van der Waals surface area contributed by atoms with Crippen molar-refractivity contribution >= 4 is 23.3 Å². The molecule has 1 unspecified atom stereocenters. The molecule has 1 amide bonds. The first kappa shape index (κ1) is 12.9. The smallest absolute Gasteiger partial charge is 0.245 e. The fourth-order valence-corrected chi connectivity index (χ4v) is 1.53. The number of nitrogens with zero attached hydrogens (tertiary/aromatic N) is 1. The molecule has 1 rings (SSSR count). The second-order valence-electron chi connectivity index (χ2n) is 3.97. The summed E-state index contributed by atoms with van der Waals surface area (Å²) in [4.78, 5) is 15.8. The minimum atomic E-state index is -0.876. The van der Waals surface area contributed by atoms with E-state index in [4.69, 9.17) is 17.3 Å². The first-order chi connectivity index (χ1) is 7.45. The Morgan fingerprint density at radius 2 is 2.31 bits per heavy atom. The molecule has 0 aliphatic rings. The molecule has 0 aliphatic carbocycles. The van der Waals surface area contributed by atoms with Gasteiger partial charge in [-0.25, -0.2) is 4.98 Å². The second kappa shape index (κ2) is 5.27. The first-order valence-electron chi connectivity index (χ1n) is 5.18. The van der Waals surface area contributed by atoms with Crippen molar-refractivity contribution in [3.05, 3.63) is 23.4 Å². The lowest BCUT2D eigenvalue weighted by atomic mass is 9.96. The molecule has 1 aromatic rings. The van der Waals surface area contributed by atoms with Gasteiger partial charge in [-0.15, -0.1) is 0 Å². The van der Waals surface area contributed by atoms with Crippen LogP contribution in [0.2, 0.25) is 5.15 Å². The van der Waals surface area contributed by atoms with E-state index in [9.17, 15) is 4.79 Å². The van der Waals surface area contributed by atoms with Gasteiger partial charge in [-0.3, -0.25) is 4.79 Å². The zero-order valence-electron chi connectivity index (χ0n) is 9.46. The molecule has 16 heavy (non-hydrogen) atoms. The summed E-state index contributed by atoms with van der Waals surface area (Å²) in [7, 11) is 0. The topological polar surface area (TPSA) is 68.0 Å². The molecule has 0 radical (unpaired) electrons. The van der Waals surface area contributed by atoms with Crippen LogP contribution in [0.25, 0.3) is 0 Å². The lowest BCUT2D eigenvalue weighted by Crippen LogP contribution is -2.48. The second-order valence-corrected chi connectivity index (χ2v) is 4.35. The Balaban J connectivity index is 2.71. The van der Waals surface area contributed by atoms with Crippen LogP contribution in [0, 0.1) is 0 Å². The van der Waals surface area contributed by atoms with E-state index in [0.717, 1.165) is 6.42 Å². The molecule has 0 saturated carbocycles. The molecule has 0 spiro atoms. The van der Waals surface area contributed by atoms with Crippen LogP contribution >= 0.6 is 11.6 Å². The molecular weight excluding hydrogens is 226 g/mol. The lowest BCUT2D eigenvalue weighted by molar-refractivity contribution is -0.120. The van der Waals surface area contributed by atoms with E-state index in [0.29, 0.717) is 17.4 Å². The summed E-state index contributed by atoms with van der Waals surface area (Å²) in [6.07, 6.45) is 1.47. The van der Waals surface area contributed by atoms with Gasteiger partial charge in [0.1, 0.15) is 11.0 Å². The van der Waals surface area contributed by atoms with E-state index in [1.54, 1.807) is 25.1 Å². The largest absolute Gasteiger partial charge is 0.318 e. The molecule has 3 N–H and O–H groups in total. The van der Waals surface area contributed by atoms with Gasteiger partial charge in [0.15, 0.2) is 0 Å². The van der Waals surface area contributed by atoms with Crippen LogP contribution in [0.4, 0.5) is 5.82 Å². The van der Waals surface area contributed by atoms with E-state index in [1.165, 1.54) is 0 Å². The zero-order valence-corrected chi connectivity index (χ0v) is 10.2. The van der Waals surface area contributed by atoms with Crippen molar-refractivity contribution in [2.24, 2.45) is 5.73 Å². The first-order valence-corrected chi connectivity index (χ1v) is 5.56. The van der Waals surface area contributed by atoms with Gasteiger partial charge in [-0.05, 0) is 25.5 Å². The van der Waals surface area contributed by atoms with Gasteiger partial charge in [0, 0.05) is 0 Å². The Morgan fingerprint density at radius 1 is 1.62 bits per heavy atom. The SMILES string of the molecule is CCCC(C)(N)C(=O)Nc1cccc(Cl)n1. The fourth-order valence-electron chi connectivity index (χ4n) is 1.37. The van der Waals surface area contributed by atoms with Crippen molar-refractivity contribution in [2.75, 3.05) is 5.32 Å². The van der Waals surface area contributed by atoms with E-state index in [-0.39, 0.29) is 5.91 Å². The molecule has 0 fully saturated rings. The molecule has 0 aliphatic heterocycles. The van der Waals surface area contributed by atoms with Crippen molar-refractivity contribution in [2.45, 2.75) is 32.2 Å². The molecule has 0 aromatic carbocycles. The molecule has 1 atom stereocenters. The van der Waals surface area contributed by atoms with Crippen LogP contribution in [0.15, 0.2) is 18.2 Å². The number of rotatable bonds is 4. The van der Waals surface area contributed by atoms with Crippen LogP contribution in [0.3, 0.4) is 0 Å². The Labute approximate surface area is 100 Å². The van der Waals surface area contributed by atoms with Gasteiger partial charge in [-0.2, -0.15) is 0 Å². The van der Waals surface area contributed by atoms with Crippen LogP contribution < -0.4 is 11.1 Å². The summed E-state index contributed by atoms with van der Waals surface area (Å²) in [5.74, 6) is 0.175. The van der Waals surface area contributed by atoms with Gasteiger partial charge in [0.2, 0.25) is 5.91 Å². The highest BCUT2D eigenvalue weighted by Gasteiger charge is 2.27. The predicted octanol–water partition coefficient (Wildman–Crippen LogP) is 2.19. The number of anilines is 1. The Hall–Kier alpha value is -1.13. The van der Waals surface area contributed by atoms with Gasteiger partial charge in [0.25, 0.3) is 0 Å². The summed E-state index contributed by atoms with van der Waals surface area (Å²) >= 11 is 5.71. The van der Waals surface area contributed by atoms with Gasteiger partial charge >= 0.3 is 0 Å². The number of pyridine rings is 1. The average Bonchev–Trinajstić information content (AvgIpc) is 2.17. The Bertz CT molecular complexity index is 379. The molecular formula is C11H16ClN3O. The highest BCUT2D eigenvalue weighted by atomic mass is 35.5. The summed E-state index contributed by atoms with van der Waals surface area (Å²) in [6.45, 7) is 3.69. The van der Waals surface area contributed by atoms with Crippen molar-refractivity contribution < 1.29 is 4.79 Å². The number of hydrogen-bond acceptors (Lipinski definition) is 3. The maximum atomic E-state index is 11.8. The maximum absolute atomic E-state index is 11.8. The Kier molecular flexibility index (Phi) is 4.26. The quantitative estimate of drug-likeness (QED) is 0.794. The van der Waals surface area contributed by atoms with Crippen molar-refractivity contribution in [1.82, 2.24) is 4.98 Å². The standard InChI is InChI=1S/C11H16ClN3O/c1-3-7-11(2,13)10(16)15-9-6-4-5-8(12)14-9/h4-6H,3,7,13H2,1-2H3,(H,14,15,16). The molecule has 4 nitrogen and oxygen atoms in total. The summed E-state index contributed by atoms with van der Waals surface area (Å²) in [5.41, 5.74) is 5.01. The van der Waals surface area contributed by atoms with Crippen LogP contribution in [0.5, 0.6) is 0 Å². The molecule has 0 bridgehead atoms. The van der Waals surface area contributed by atoms with Gasteiger partial charge in [-0.1, -0.05) is 31.0 Å². The maximum Gasteiger partial charge on any atom is 0.245 e. The van der Waals surface area contributed by atoms with Crippen LogP contribution in [0.1, 0.15) is 26.7 Å². The normalized spacial score (nSPS) is 14.2. The average molecular weight is 242 g/mol. The number of nitrogens with one attached hydrogen (secondary N) is 1. The predicted molar refractivity (Wildman–Crippen MR) is 65.4 cm³/mol. The van der Waals surface area contributed by atoms with Crippen molar-refractivity contribution in [1.29, 1.82) is 0 Å². The molecule has 1 aromatic heterocycles. The molecule has 1 heterocycles. The zero-order chi connectivity index (χ0) is 12.2. The lowest BCUT2D eigenvalue weighted by Gasteiger charge is -2.22. The summed E-state index contributed by atoms with van der Waals surface area (Å²) in [5, 5.41) is 2.99. The summed E-state index contributed by atoms with van der Waals surface area (Å²) < 4.78 is 0. The number of halogens is 1. The highest BCUT2D eigenvalue weighted by molar-refractivity contribution is 6.29. The monoisotopic (exact) mass is 241 g/mol. The third-order valence-corrected chi connectivity index (χ3v) is 2.46. The molecule has 5 heteroatoms. The summed E-state index contributed by atoms with van der Waals surface area (Å²) in [6, 6.07) is 5.04. The van der Waals surface area contributed by atoms with Crippen molar-refractivity contribution in [3.8, 4) is 0 Å². The number of aromatic nitrogens is 1. The van der Waals surface area contributed by atoms with Crippen molar-refractivity contribution in [3.63, 3.8) is 0 Å². The third-order valence-electron chi connectivity index (χ3n) is 2.24. The number of hydrogen-bond donors (Lipinski definition) is 2. The number of nitrogens with two attached hydrogens (primary N) is 1. The number of carbonyl (C=O) groups is 1. The number of carbonyl (C=O) groups excluding carboxylic acids is 1. The number of amides is 1. The van der Waals surface area contributed by atoms with E-state index >= 15 is 0 Å². The van der Waals surface area contributed by atoms with Gasteiger partial charge in [0.05, 0.1) is 5.54 Å². The van der Waals surface area contributed by atoms with Crippen LogP contribution in [-0.4, -0.2) is 16.4 Å². The fraction of sp³-hybridized carbons (Fsp3) is 0.455. The van der Waals surface area contributed by atoms with E-state index in [1.807, 2.05) is 6.92 Å². The Morgan fingerprint density at radius 3 is 2.88 bits per heavy atom. The third kappa shape index (κ3) is 3.47. The van der Waals surface area contributed by atoms with E-state index < -0.39 is 5.54 Å². The van der Waals surface area contributed by atoms with Gasteiger partial charge < -0.3 is 11.1 Å². The van der Waals surface area contributed by atoms with E-state index in [2.05, 4.69) is 10.3 Å². The molecule has 0 saturated heterocycles. The minimum absolute atomic E-state index is 0.246.